The third kappa shape index (κ3) is 2.44. The lowest BCUT2D eigenvalue weighted by Crippen LogP contribution is -2.17. The van der Waals surface area contributed by atoms with Crippen LogP contribution in [-0.4, -0.2) is 24.9 Å². The van der Waals surface area contributed by atoms with Crippen molar-refractivity contribution >= 4 is 11.5 Å². The summed E-state index contributed by atoms with van der Waals surface area (Å²) in [5.74, 6) is 0.246. The van der Waals surface area contributed by atoms with E-state index in [1.54, 1.807) is 0 Å². The van der Waals surface area contributed by atoms with Crippen molar-refractivity contribution in [2.75, 3.05) is 5.32 Å². The maximum atomic E-state index is 10.9. The van der Waals surface area contributed by atoms with E-state index >= 15 is 0 Å². The van der Waals surface area contributed by atoms with Gasteiger partial charge in [0.05, 0.1) is 23.7 Å². The Bertz CT molecular complexity index is 622. The molecule has 8 nitrogen and oxygen atoms in total. The normalized spacial score (nSPS) is 14.8. The average molecular weight is 274 g/mol. The number of pyridine rings is 1. The van der Waals surface area contributed by atoms with Gasteiger partial charge in [-0.05, 0) is 25.3 Å². The Morgan fingerprint density at radius 1 is 1.50 bits per heavy atom. The lowest BCUT2D eigenvalue weighted by atomic mass is 9.93. The molecule has 104 valence electrons. The molecule has 1 aliphatic carbocycles. The summed E-state index contributed by atoms with van der Waals surface area (Å²) in [6.45, 7) is 0.366. The number of nitrogens with one attached hydrogen (secondary N) is 1. The lowest BCUT2D eigenvalue weighted by Gasteiger charge is -2.24. The molecule has 1 aliphatic rings. The zero-order valence-corrected chi connectivity index (χ0v) is 10.8. The molecule has 0 amide bonds. The highest BCUT2D eigenvalue weighted by molar-refractivity contribution is 5.55. The summed E-state index contributed by atoms with van der Waals surface area (Å²) in [4.78, 5) is 14.4. The molecule has 0 aliphatic heterocycles. The Hall–Kier alpha value is -2.51. The van der Waals surface area contributed by atoms with Crippen molar-refractivity contribution in [1.29, 1.82) is 0 Å². The Balaban J connectivity index is 1.67. The number of rotatable bonds is 5. The third-order valence-corrected chi connectivity index (χ3v) is 3.43. The second-order valence-corrected chi connectivity index (χ2v) is 4.76. The third-order valence-electron chi connectivity index (χ3n) is 3.43. The summed E-state index contributed by atoms with van der Waals surface area (Å²) in [6, 6.07) is 3.41. The number of hydrogen-bond acceptors (Lipinski definition) is 6. The standard InChI is InChI=1S/C12H14N6O2/c19-18(20)11-5-2-6-13-12(11)14-7-9-8-17(16-15-9)10-3-1-4-10/h2,5-6,8,10H,1,3-4,7H2,(H,13,14). The van der Waals surface area contributed by atoms with E-state index < -0.39 is 4.92 Å². The minimum absolute atomic E-state index is 0.0427. The highest BCUT2D eigenvalue weighted by Crippen LogP contribution is 2.30. The van der Waals surface area contributed by atoms with Gasteiger partial charge in [0.25, 0.3) is 0 Å². The number of aromatic nitrogens is 4. The zero-order valence-electron chi connectivity index (χ0n) is 10.8. The second-order valence-electron chi connectivity index (χ2n) is 4.76. The van der Waals surface area contributed by atoms with E-state index in [0.29, 0.717) is 12.6 Å². The first-order valence-electron chi connectivity index (χ1n) is 6.48. The van der Waals surface area contributed by atoms with Crippen LogP contribution < -0.4 is 5.32 Å². The van der Waals surface area contributed by atoms with Gasteiger partial charge >= 0.3 is 5.69 Å². The summed E-state index contributed by atoms with van der Waals surface area (Å²) in [7, 11) is 0. The molecule has 0 bridgehead atoms. The first-order chi connectivity index (χ1) is 9.74. The van der Waals surface area contributed by atoms with Crippen LogP contribution >= 0.6 is 0 Å². The van der Waals surface area contributed by atoms with Crippen LogP contribution in [0.5, 0.6) is 0 Å². The van der Waals surface area contributed by atoms with Gasteiger partial charge in [-0.1, -0.05) is 5.21 Å². The number of nitrogens with zero attached hydrogens (tertiary/aromatic N) is 5. The Morgan fingerprint density at radius 2 is 2.35 bits per heavy atom. The molecule has 2 heterocycles. The molecule has 0 aromatic carbocycles. The minimum atomic E-state index is -0.458. The van der Waals surface area contributed by atoms with Crippen molar-refractivity contribution in [2.24, 2.45) is 0 Å². The molecule has 8 heteroatoms. The van der Waals surface area contributed by atoms with Gasteiger partial charge in [-0.2, -0.15) is 0 Å². The maximum Gasteiger partial charge on any atom is 0.311 e. The van der Waals surface area contributed by atoms with Crippen LogP contribution in [0.3, 0.4) is 0 Å². The molecule has 2 aromatic rings. The summed E-state index contributed by atoms with van der Waals surface area (Å²) in [5.41, 5.74) is 0.704. The lowest BCUT2D eigenvalue weighted by molar-refractivity contribution is -0.384. The van der Waals surface area contributed by atoms with Crippen molar-refractivity contribution in [2.45, 2.75) is 31.8 Å². The zero-order chi connectivity index (χ0) is 13.9. The summed E-state index contributed by atoms with van der Waals surface area (Å²) < 4.78 is 1.87. The van der Waals surface area contributed by atoms with E-state index in [2.05, 4.69) is 20.6 Å². The van der Waals surface area contributed by atoms with Crippen LogP contribution in [0.2, 0.25) is 0 Å². The fourth-order valence-electron chi connectivity index (χ4n) is 2.08. The Labute approximate surface area is 115 Å². The Kier molecular flexibility index (Phi) is 3.28. The topological polar surface area (TPSA) is 98.8 Å². The van der Waals surface area contributed by atoms with Crippen molar-refractivity contribution in [3.63, 3.8) is 0 Å². The van der Waals surface area contributed by atoms with Crippen LogP contribution in [0.25, 0.3) is 0 Å². The van der Waals surface area contributed by atoms with Crippen LogP contribution in [0.15, 0.2) is 24.5 Å². The molecule has 1 saturated carbocycles. The van der Waals surface area contributed by atoms with Gasteiger partial charge in [0, 0.05) is 12.3 Å². The van der Waals surface area contributed by atoms with Crippen LogP contribution in [0, 0.1) is 10.1 Å². The monoisotopic (exact) mass is 274 g/mol. The molecular formula is C12H14N6O2. The van der Waals surface area contributed by atoms with Gasteiger partial charge < -0.3 is 5.32 Å². The number of nitro groups is 1. The minimum Gasteiger partial charge on any atom is -0.359 e. The highest BCUT2D eigenvalue weighted by atomic mass is 16.6. The van der Waals surface area contributed by atoms with E-state index in [9.17, 15) is 10.1 Å². The van der Waals surface area contributed by atoms with Crippen molar-refractivity contribution in [3.05, 3.63) is 40.3 Å². The number of anilines is 1. The first kappa shape index (κ1) is 12.5. The molecule has 0 atom stereocenters. The van der Waals surface area contributed by atoms with E-state index in [4.69, 9.17) is 0 Å². The van der Waals surface area contributed by atoms with Gasteiger partial charge in [0.2, 0.25) is 5.82 Å². The molecule has 3 rings (SSSR count). The molecule has 0 spiro atoms. The van der Waals surface area contributed by atoms with Crippen LogP contribution in [0.1, 0.15) is 31.0 Å². The van der Waals surface area contributed by atoms with Crippen molar-refractivity contribution in [1.82, 2.24) is 20.0 Å². The number of hydrogen-bond donors (Lipinski definition) is 1. The molecule has 1 fully saturated rings. The fourth-order valence-corrected chi connectivity index (χ4v) is 2.08. The van der Waals surface area contributed by atoms with Crippen molar-refractivity contribution in [3.8, 4) is 0 Å². The van der Waals surface area contributed by atoms with Gasteiger partial charge in [-0.25, -0.2) is 9.67 Å². The van der Waals surface area contributed by atoms with E-state index in [-0.39, 0.29) is 11.5 Å². The molecule has 0 radical (unpaired) electrons. The molecule has 20 heavy (non-hydrogen) atoms. The predicted octanol–water partition coefficient (Wildman–Crippen LogP) is 1.92. The van der Waals surface area contributed by atoms with Crippen LogP contribution in [-0.2, 0) is 6.54 Å². The van der Waals surface area contributed by atoms with Gasteiger partial charge in [-0.3, -0.25) is 10.1 Å². The molecular weight excluding hydrogens is 260 g/mol. The largest absolute Gasteiger partial charge is 0.359 e. The summed E-state index contributed by atoms with van der Waals surface area (Å²) in [6.07, 6.45) is 6.91. The van der Waals surface area contributed by atoms with E-state index in [1.807, 2.05) is 10.9 Å². The summed E-state index contributed by atoms with van der Waals surface area (Å²) >= 11 is 0. The maximum absolute atomic E-state index is 10.9. The first-order valence-corrected chi connectivity index (χ1v) is 6.48. The molecule has 0 saturated heterocycles. The SMILES string of the molecule is O=[N+]([O-])c1cccnc1NCc1cn(C2CCC2)nn1. The predicted molar refractivity (Wildman–Crippen MR) is 71.1 cm³/mol. The molecule has 2 aromatic heterocycles. The van der Waals surface area contributed by atoms with Crippen molar-refractivity contribution < 1.29 is 4.92 Å². The fraction of sp³-hybridized carbons (Fsp3) is 0.417. The van der Waals surface area contributed by atoms with Gasteiger partial charge in [-0.15, -0.1) is 5.10 Å². The quantitative estimate of drug-likeness (QED) is 0.660. The summed E-state index contributed by atoms with van der Waals surface area (Å²) in [5, 5.41) is 21.9. The second kappa shape index (κ2) is 5.24. The van der Waals surface area contributed by atoms with Gasteiger partial charge in [0.1, 0.15) is 5.69 Å². The van der Waals surface area contributed by atoms with E-state index in [0.717, 1.165) is 18.5 Å². The van der Waals surface area contributed by atoms with Crippen LogP contribution in [0.4, 0.5) is 11.5 Å². The van der Waals surface area contributed by atoms with Gasteiger partial charge in [0.15, 0.2) is 0 Å². The highest BCUT2D eigenvalue weighted by Gasteiger charge is 2.21. The molecule has 0 unspecified atom stereocenters. The van der Waals surface area contributed by atoms with E-state index in [1.165, 1.54) is 24.8 Å². The molecule has 1 N–H and O–H groups in total. The Morgan fingerprint density at radius 3 is 3.05 bits per heavy atom. The average Bonchev–Trinajstić information content (AvgIpc) is 2.83. The smallest absolute Gasteiger partial charge is 0.311 e.